The zero-order valence-corrected chi connectivity index (χ0v) is 16.7. The zero-order valence-electron chi connectivity index (χ0n) is 16.7. The molecule has 1 heterocycles. The number of halogens is 1. The monoisotopic (exact) mass is 424 g/mol. The summed E-state index contributed by atoms with van der Waals surface area (Å²) < 4.78 is 14.6. The normalized spacial score (nSPS) is 11.5. The molecule has 0 fully saturated rings. The molecule has 0 aliphatic heterocycles. The van der Waals surface area contributed by atoms with Gasteiger partial charge in [0.1, 0.15) is 17.3 Å². The Labute approximate surface area is 177 Å². The molecule has 3 N–H and O–H groups in total. The number of aromatic hydroxyl groups is 1. The van der Waals surface area contributed by atoms with Crippen LogP contribution in [0.25, 0.3) is 12.2 Å². The fourth-order valence-corrected chi connectivity index (χ4v) is 2.92. The summed E-state index contributed by atoms with van der Waals surface area (Å²) in [6.45, 7) is 1.87. The average Bonchev–Trinajstić information content (AvgIpc) is 2.99. The molecule has 31 heavy (non-hydrogen) atoms. The number of rotatable bonds is 8. The molecule has 2 aromatic carbocycles. The summed E-state index contributed by atoms with van der Waals surface area (Å²) >= 11 is 0. The summed E-state index contributed by atoms with van der Waals surface area (Å²) in [4.78, 5) is 23.1. The van der Waals surface area contributed by atoms with E-state index in [1.807, 2.05) is 0 Å². The molecule has 0 bridgehead atoms. The number of aromatic nitrogens is 2. The lowest BCUT2D eigenvalue weighted by atomic mass is 10.1. The Balaban J connectivity index is 1.80. The number of carboxylic acid groups (broad SMARTS) is 1. The quantitative estimate of drug-likeness (QED) is 0.356. The third-order valence-electron chi connectivity index (χ3n) is 4.49. The van der Waals surface area contributed by atoms with Crippen LogP contribution < -0.4 is 5.56 Å². The predicted molar refractivity (Wildman–Crippen MR) is 114 cm³/mol. The summed E-state index contributed by atoms with van der Waals surface area (Å²) in [5, 5.41) is 30.0. The summed E-state index contributed by atoms with van der Waals surface area (Å²) in [7, 11) is 0. The average molecular weight is 424 g/mol. The molecule has 0 saturated heterocycles. The van der Waals surface area contributed by atoms with E-state index in [1.54, 1.807) is 49.4 Å². The molecule has 3 aromatic rings. The van der Waals surface area contributed by atoms with E-state index in [1.165, 1.54) is 16.8 Å². The van der Waals surface area contributed by atoms with E-state index in [4.69, 9.17) is 5.11 Å². The standard InChI is InChI=1S/C22H21FN4O4/c1-14-20(22(31)27(26-14)12-4-9-19(28)29)25-24-18-8-3-6-16(21(18)30)11-10-15-5-2-7-17(23)13-15/h2-3,5-8,10-11,13,26,30H,4,9,12H2,1H3,(H,28,29)/b11-10+,25-24?. The van der Waals surface area contributed by atoms with Gasteiger partial charge in [0.2, 0.25) is 0 Å². The van der Waals surface area contributed by atoms with Gasteiger partial charge >= 0.3 is 5.97 Å². The number of aliphatic carboxylic acids is 1. The maximum absolute atomic E-state index is 13.3. The van der Waals surface area contributed by atoms with Crippen LogP contribution in [0.15, 0.2) is 57.5 Å². The SMILES string of the molecule is Cc1[nH]n(CCCC(=O)O)c(=O)c1N=Nc1cccc(/C=C/c2cccc(F)c2)c1O. The van der Waals surface area contributed by atoms with Gasteiger partial charge in [-0.2, -0.15) is 0 Å². The van der Waals surface area contributed by atoms with E-state index in [2.05, 4.69) is 15.3 Å². The number of nitrogens with one attached hydrogen (secondary N) is 1. The first-order valence-electron chi connectivity index (χ1n) is 9.53. The Morgan fingerprint density at radius 2 is 1.97 bits per heavy atom. The number of phenols is 1. The first kappa shape index (κ1) is 21.7. The fourth-order valence-electron chi connectivity index (χ4n) is 2.92. The maximum atomic E-state index is 13.3. The molecule has 0 atom stereocenters. The molecule has 0 spiro atoms. The third-order valence-corrected chi connectivity index (χ3v) is 4.49. The van der Waals surface area contributed by atoms with E-state index in [-0.39, 0.29) is 35.9 Å². The third kappa shape index (κ3) is 5.53. The number of hydrogen-bond donors (Lipinski definition) is 3. The number of carboxylic acids is 1. The number of para-hydroxylation sites is 1. The van der Waals surface area contributed by atoms with Gasteiger partial charge in [-0.05, 0) is 37.1 Å². The van der Waals surface area contributed by atoms with Crippen LogP contribution in [0.3, 0.4) is 0 Å². The molecule has 1 aromatic heterocycles. The van der Waals surface area contributed by atoms with Crippen LogP contribution in [0.5, 0.6) is 5.75 Å². The molecule has 0 amide bonds. The van der Waals surface area contributed by atoms with Crippen molar-refractivity contribution in [1.29, 1.82) is 0 Å². The van der Waals surface area contributed by atoms with E-state index in [0.717, 1.165) is 0 Å². The van der Waals surface area contributed by atoms with Gasteiger partial charge in [-0.15, -0.1) is 10.2 Å². The van der Waals surface area contributed by atoms with E-state index < -0.39 is 11.5 Å². The predicted octanol–water partition coefficient (Wildman–Crippen LogP) is 4.78. The minimum Gasteiger partial charge on any atom is -0.505 e. The zero-order chi connectivity index (χ0) is 22.4. The second-order valence-corrected chi connectivity index (χ2v) is 6.84. The van der Waals surface area contributed by atoms with Crippen molar-refractivity contribution in [3.63, 3.8) is 0 Å². The van der Waals surface area contributed by atoms with Crippen LogP contribution in [-0.4, -0.2) is 26.0 Å². The molecule has 0 unspecified atom stereocenters. The van der Waals surface area contributed by atoms with Gasteiger partial charge < -0.3 is 10.2 Å². The molecule has 0 aliphatic carbocycles. The maximum Gasteiger partial charge on any atom is 0.303 e. The Hall–Kier alpha value is -4.01. The van der Waals surface area contributed by atoms with Crippen molar-refractivity contribution in [1.82, 2.24) is 9.78 Å². The summed E-state index contributed by atoms with van der Waals surface area (Å²) in [5.74, 6) is -1.42. The van der Waals surface area contributed by atoms with Gasteiger partial charge in [0.15, 0.2) is 5.69 Å². The minimum absolute atomic E-state index is 0.0504. The van der Waals surface area contributed by atoms with Crippen LogP contribution in [0.4, 0.5) is 15.8 Å². The van der Waals surface area contributed by atoms with Crippen LogP contribution in [0, 0.1) is 12.7 Å². The molecule has 0 radical (unpaired) electrons. The second-order valence-electron chi connectivity index (χ2n) is 6.84. The molecular weight excluding hydrogens is 403 g/mol. The Bertz CT molecular complexity index is 1210. The molecule has 0 aliphatic rings. The second kappa shape index (κ2) is 9.66. The fraction of sp³-hybridized carbons (Fsp3) is 0.182. The topological polar surface area (TPSA) is 120 Å². The minimum atomic E-state index is -0.932. The Morgan fingerprint density at radius 3 is 2.71 bits per heavy atom. The molecule has 3 rings (SSSR count). The molecule has 8 nitrogen and oxygen atoms in total. The van der Waals surface area contributed by atoms with Crippen LogP contribution in [0.1, 0.15) is 29.7 Å². The largest absolute Gasteiger partial charge is 0.505 e. The van der Waals surface area contributed by atoms with Crippen molar-refractivity contribution >= 4 is 29.5 Å². The van der Waals surface area contributed by atoms with Crippen molar-refractivity contribution in [2.24, 2.45) is 10.2 Å². The van der Waals surface area contributed by atoms with E-state index in [9.17, 15) is 19.1 Å². The first-order valence-corrected chi connectivity index (χ1v) is 9.53. The van der Waals surface area contributed by atoms with Gasteiger partial charge in [0, 0.05) is 18.5 Å². The lowest BCUT2D eigenvalue weighted by molar-refractivity contribution is -0.137. The first-order chi connectivity index (χ1) is 14.8. The molecular formula is C22H21FN4O4. The van der Waals surface area contributed by atoms with E-state index >= 15 is 0 Å². The number of aryl methyl sites for hydroxylation is 2. The van der Waals surface area contributed by atoms with Gasteiger partial charge in [-0.25, -0.2) is 4.39 Å². The van der Waals surface area contributed by atoms with Crippen LogP contribution in [-0.2, 0) is 11.3 Å². The van der Waals surface area contributed by atoms with Gasteiger partial charge in [0.05, 0.1) is 5.69 Å². The highest BCUT2D eigenvalue weighted by Gasteiger charge is 2.12. The molecule has 0 saturated carbocycles. The highest BCUT2D eigenvalue weighted by Crippen LogP contribution is 2.32. The van der Waals surface area contributed by atoms with Crippen LogP contribution >= 0.6 is 0 Å². The van der Waals surface area contributed by atoms with Crippen LogP contribution in [0.2, 0.25) is 0 Å². The number of aromatic amines is 1. The van der Waals surface area contributed by atoms with Crippen molar-refractivity contribution in [3.05, 3.63) is 75.5 Å². The number of hydrogen-bond acceptors (Lipinski definition) is 5. The van der Waals surface area contributed by atoms with Crippen molar-refractivity contribution in [2.75, 3.05) is 0 Å². The number of carbonyl (C=O) groups is 1. The van der Waals surface area contributed by atoms with Gasteiger partial charge in [-0.3, -0.25) is 19.4 Å². The number of benzene rings is 2. The number of azo groups is 1. The smallest absolute Gasteiger partial charge is 0.303 e. The summed E-state index contributed by atoms with van der Waals surface area (Å²) in [6.07, 6.45) is 3.53. The highest BCUT2D eigenvalue weighted by atomic mass is 19.1. The summed E-state index contributed by atoms with van der Waals surface area (Å²) in [5.41, 5.74) is 1.39. The molecule has 9 heteroatoms. The van der Waals surface area contributed by atoms with Crippen molar-refractivity contribution in [2.45, 2.75) is 26.3 Å². The summed E-state index contributed by atoms with van der Waals surface area (Å²) in [6, 6.07) is 10.9. The van der Waals surface area contributed by atoms with E-state index in [0.29, 0.717) is 23.2 Å². The lowest BCUT2D eigenvalue weighted by Gasteiger charge is -2.02. The van der Waals surface area contributed by atoms with Crippen molar-refractivity contribution < 1.29 is 19.4 Å². The molecule has 160 valence electrons. The number of H-pyrrole nitrogens is 1. The highest BCUT2D eigenvalue weighted by molar-refractivity contribution is 5.75. The van der Waals surface area contributed by atoms with Crippen molar-refractivity contribution in [3.8, 4) is 5.75 Å². The number of phenolic OH excluding ortho intramolecular Hbond substituents is 1. The Kier molecular flexibility index (Phi) is 6.76. The number of nitrogens with zero attached hydrogens (tertiary/aromatic N) is 3. The lowest BCUT2D eigenvalue weighted by Crippen LogP contribution is -2.17. The van der Waals surface area contributed by atoms with Gasteiger partial charge in [-0.1, -0.05) is 36.4 Å². The Morgan fingerprint density at radius 1 is 1.19 bits per heavy atom. The van der Waals surface area contributed by atoms with Gasteiger partial charge in [0.25, 0.3) is 5.56 Å².